The van der Waals surface area contributed by atoms with Crippen LogP contribution in [0.25, 0.3) is 0 Å². The van der Waals surface area contributed by atoms with Gasteiger partial charge >= 0.3 is 11.9 Å². The molecule has 178 valence electrons. The van der Waals surface area contributed by atoms with E-state index in [-0.39, 0.29) is 12.0 Å². The maximum atomic E-state index is 9.40. The van der Waals surface area contributed by atoms with Crippen LogP contribution in [0.3, 0.4) is 0 Å². The highest BCUT2D eigenvalue weighted by Gasteiger charge is 2.30. The third-order valence-corrected chi connectivity index (χ3v) is 5.71. The summed E-state index contributed by atoms with van der Waals surface area (Å²) in [6.45, 7) is 1.51. The summed E-state index contributed by atoms with van der Waals surface area (Å²) in [7, 11) is 0. The van der Waals surface area contributed by atoms with E-state index in [4.69, 9.17) is 24.5 Å². The van der Waals surface area contributed by atoms with E-state index in [1.54, 1.807) is 12.1 Å². The van der Waals surface area contributed by atoms with Crippen LogP contribution < -0.4 is 5.32 Å². The summed E-state index contributed by atoms with van der Waals surface area (Å²) < 4.78 is 6.37. The van der Waals surface area contributed by atoms with Crippen LogP contribution in [0.2, 0.25) is 0 Å². The highest BCUT2D eigenvalue weighted by molar-refractivity contribution is 6.27. The summed E-state index contributed by atoms with van der Waals surface area (Å²) in [4.78, 5) is 18.2. The first-order valence-corrected chi connectivity index (χ1v) is 11.1. The number of aromatic hydroxyl groups is 1. The van der Waals surface area contributed by atoms with Gasteiger partial charge in [-0.2, -0.15) is 0 Å². The van der Waals surface area contributed by atoms with Crippen molar-refractivity contribution in [2.24, 2.45) is 0 Å². The van der Waals surface area contributed by atoms with E-state index >= 15 is 0 Å². The molecule has 0 aliphatic carbocycles. The number of carbonyl (C=O) groups is 2. The summed E-state index contributed by atoms with van der Waals surface area (Å²) >= 11 is 0. The molecule has 1 heterocycles. The summed E-state index contributed by atoms with van der Waals surface area (Å²) in [6, 6.07) is 29.1. The van der Waals surface area contributed by atoms with Gasteiger partial charge < -0.3 is 25.4 Å². The zero-order chi connectivity index (χ0) is 24.3. The highest BCUT2D eigenvalue weighted by Crippen LogP contribution is 2.34. The number of nitrogens with one attached hydrogen (secondary N) is 1. The van der Waals surface area contributed by atoms with Crippen molar-refractivity contribution in [3.8, 4) is 5.75 Å². The van der Waals surface area contributed by atoms with Crippen LogP contribution in [-0.2, 0) is 20.9 Å². The number of ether oxygens (including phenoxy) is 1. The second-order valence-electron chi connectivity index (χ2n) is 8.10. The van der Waals surface area contributed by atoms with Crippen LogP contribution in [0.15, 0.2) is 84.9 Å². The molecule has 4 rings (SSSR count). The minimum Gasteiger partial charge on any atom is -0.508 e. The fraction of sp³-hybridized carbons (Fsp3) is 0.259. The molecule has 0 bridgehead atoms. The van der Waals surface area contributed by atoms with E-state index in [2.05, 4.69) is 66.0 Å². The van der Waals surface area contributed by atoms with Gasteiger partial charge in [0.2, 0.25) is 0 Å². The Morgan fingerprint density at radius 3 is 1.79 bits per heavy atom. The van der Waals surface area contributed by atoms with Crippen LogP contribution in [0.1, 0.15) is 35.4 Å². The Hall–Kier alpha value is -3.68. The number of hydrogen-bond donors (Lipinski definition) is 4. The Morgan fingerprint density at radius 1 is 0.824 bits per heavy atom. The fourth-order valence-electron chi connectivity index (χ4n) is 4.01. The molecule has 1 fully saturated rings. The first kappa shape index (κ1) is 25.0. The van der Waals surface area contributed by atoms with Crippen LogP contribution in [-0.4, -0.2) is 46.0 Å². The van der Waals surface area contributed by atoms with Crippen molar-refractivity contribution in [3.63, 3.8) is 0 Å². The molecule has 34 heavy (non-hydrogen) atoms. The smallest absolute Gasteiger partial charge is 0.414 e. The summed E-state index contributed by atoms with van der Waals surface area (Å²) in [5, 5.41) is 27.8. The molecule has 0 spiro atoms. The molecule has 1 aliphatic heterocycles. The van der Waals surface area contributed by atoms with E-state index in [0.29, 0.717) is 11.8 Å². The molecule has 2 atom stereocenters. The minimum absolute atomic E-state index is 0.191. The third-order valence-electron chi connectivity index (χ3n) is 5.71. The lowest BCUT2D eigenvalue weighted by atomic mass is 9.83. The van der Waals surface area contributed by atoms with Gasteiger partial charge in [-0.05, 0) is 41.7 Å². The van der Waals surface area contributed by atoms with Crippen LogP contribution in [0.4, 0.5) is 0 Å². The number of benzene rings is 3. The maximum absolute atomic E-state index is 9.40. The predicted molar refractivity (Wildman–Crippen MR) is 128 cm³/mol. The second kappa shape index (κ2) is 12.5. The fourth-order valence-corrected chi connectivity index (χ4v) is 4.01. The average molecular weight is 464 g/mol. The van der Waals surface area contributed by atoms with Gasteiger partial charge in [-0.15, -0.1) is 0 Å². The Bertz CT molecular complexity index is 980. The van der Waals surface area contributed by atoms with Crippen molar-refractivity contribution in [1.82, 2.24) is 5.32 Å². The van der Waals surface area contributed by atoms with Gasteiger partial charge in [0.05, 0.1) is 12.7 Å². The lowest BCUT2D eigenvalue weighted by Gasteiger charge is -2.35. The monoisotopic (exact) mass is 463 g/mol. The van der Waals surface area contributed by atoms with Crippen LogP contribution >= 0.6 is 0 Å². The van der Waals surface area contributed by atoms with Crippen LogP contribution in [0, 0.1) is 0 Å². The summed E-state index contributed by atoms with van der Waals surface area (Å²) in [5.74, 6) is -3.08. The molecule has 0 amide bonds. The number of phenols is 1. The van der Waals surface area contributed by atoms with Gasteiger partial charge in [0.1, 0.15) is 5.75 Å². The Kier molecular flexibility index (Phi) is 9.20. The van der Waals surface area contributed by atoms with Gasteiger partial charge in [0, 0.05) is 18.5 Å². The lowest BCUT2D eigenvalue weighted by molar-refractivity contribution is -0.159. The van der Waals surface area contributed by atoms with Gasteiger partial charge in [-0.1, -0.05) is 72.8 Å². The van der Waals surface area contributed by atoms with Crippen molar-refractivity contribution in [2.75, 3.05) is 6.61 Å². The molecule has 0 radical (unpaired) electrons. The first-order chi connectivity index (χ1) is 16.4. The van der Waals surface area contributed by atoms with Crippen molar-refractivity contribution >= 4 is 11.9 Å². The van der Waals surface area contributed by atoms with Gasteiger partial charge in [-0.3, -0.25) is 0 Å². The lowest BCUT2D eigenvalue weighted by Crippen LogP contribution is -2.41. The molecule has 3 aromatic carbocycles. The topological polar surface area (TPSA) is 116 Å². The second-order valence-corrected chi connectivity index (χ2v) is 8.10. The molecule has 4 N–H and O–H groups in total. The highest BCUT2D eigenvalue weighted by atomic mass is 16.5. The Labute approximate surface area is 198 Å². The molecule has 1 aliphatic rings. The molecule has 7 heteroatoms. The molecule has 0 saturated carbocycles. The number of aliphatic carboxylic acids is 2. The normalized spacial score (nSPS) is 17.4. The average Bonchev–Trinajstić information content (AvgIpc) is 2.86. The zero-order valence-corrected chi connectivity index (χ0v) is 18.7. The summed E-state index contributed by atoms with van der Waals surface area (Å²) in [6.07, 6.45) is 2.32. The van der Waals surface area contributed by atoms with Crippen molar-refractivity contribution in [1.29, 1.82) is 0 Å². The predicted octanol–water partition coefficient (Wildman–Crippen LogP) is 4.02. The van der Waals surface area contributed by atoms with E-state index < -0.39 is 11.9 Å². The number of carboxylic acid groups (broad SMARTS) is 2. The van der Waals surface area contributed by atoms with Crippen molar-refractivity contribution in [3.05, 3.63) is 102 Å². The Balaban J connectivity index is 0.000000481. The largest absolute Gasteiger partial charge is 0.508 e. The van der Waals surface area contributed by atoms with Gasteiger partial charge in [-0.25, -0.2) is 9.59 Å². The molecule has 3 aromatic rings. The SMILES string of the molecule is O=C(O)C(=O)O.Oc1ccc(CN[C@@H]2CC[C@H](C(c3ccccc3)c3ccccc3)OC2)cc1. The Morgan fingerprint density at radius 2 is 1.35 bits per heavy atom. The standard InChI is InChI=1S/C25H27NO2.C2H2O4/c27-23-14-11-19(12-15-23)17-26-22-13-16-24(28-18-22)25(20-7-3-1-4-8-20)21-9-5-2-6-10-21;3-1(4)2(5)6/h1-12,14-15,22,24-27H,13,16-18H2;(H,3,4)(H,5,6)/t22-,24-;/m1./s1. The van der Waals surface area contributed by atoms with E-state index in [1.165, 1.54) is 16.7 Å². The van der Waals surface area contributed by atoms with E-state index in [9.17, 15) is 5.11 Å². The van der Waals surface area contributed by atoms with Gasteiger partial charge in [0.25, 0.3) is 0 Å². The quantitative estimate of drug-likeness (QED) is 0.408. The number of carboxylic acids is 2. The number of hydrogen-bond acceptors (Lipinski definition) is 5. The molecule has 1 saturated heterocycles. The van der Waals surface area contributed by atoms with Gasteiger partial charge in [0.15, 0.2) is 0 Å². The summed E-state index contributed by atoms with van der Waals surface area (Å²) in [5.41, 5.74) is 3.80. The molecule has 0 aromatic heterocycles. The number of rotatable bonds is 6. The molecular formula is C27H29NO6. The molecular weight excluding hydrogens is 434 g/mol. The van der Waals surface area contributed by atoms with Crippen molar-refractivity contribution < 1.29 is 29.6 Å². The zero-order valence-electron chi connectivity index (χ0n) is 18.7. The van der Waals surface area contributed by atoms with Crippen molar-refractivity contribution in [2.45, 2.75) is 37.5 Å². The maximum Gasteiger partial charge on any atom is 0.414 e. The third kappa shape index (κ3) is 7.43. The van der Waals surface area contributed by atoms with Crippen LogP contribution in [0.5, 0.6) is 5.75 Å². The van der Waals surface area contributed by atoms with E-state index in [1.807, 2.05) is 12.1 Å². The van der Waals surface area contributed by atoms with E-state index in [0.717, 1.165) is 26.0 Å². The number of phenolic OH excluding ortho intramolecular Hbond substituents is 1. The first-order valence-electron chi connectivity index (χ1n) is 11.1. The molecule has 0 unspecified atom stereocenters. The minimum atomic E-state index is -1.82. The molecule has 7 nitrogen and oxygen atoms in total.